The topological polar surface area (TPSA) is 274 Å². The van der Waals surface area contributed by atoms with E-state index in [1.807, 2.05) is 0 Å². The van der Waals surface area contributed by atoms with E-state index in [4.69, 9.17) is 10.8 Å². The zero-order valence-electron chi connectivity index (χ0n) is 26.5. The number of aliphatic imine (C=N–C) groups is 2. The average molecular weight is 742 g/mol. The van der Waals surface area contributed by atoms with E-state index in [0.717, 1.165) is 39.3 Å². The van der Waals surface area contributed by atoms with Crippen LogP contribution in [0.2, 0.25) is 0 Å². The second-order valence-electron chi connectivity index (χ2n) is 8.63. The van der Waals surface area contributed by atoms with Crippen LogP contribution in [0.1, 0.15) is 38.8 Å². The van der Waals surface area contributed by atoms with Gasteiger partial charge in [-0.25, -0.2) is 0 Å². The van der Waals surface area contributed by atoms with Gasteiger partial charge in [-0.15, -0.1) is 0 Å². The number of likely N-dealkylation sites (N-methyl/N-ethyl adjacent to an activating group) is 2. The number of thiocarbonyl (C=S) groups is 2. The molecule has 264 valence electrons. The van der Waals surface area contributed by atoms with Crippen LogP contribution in [0.3, 0.4) is 0 Å². The quantitative estimate of drug-likeness (QED) is 0.0850. The second kappa shape index (κ2) is 33.5. The van der Waals surface area contributed by atoms with E-state index in [2.05, 4.69) is 62.1 Å². The molecule has 0 fully saturated rings. The Morgan fingerprint density at radius 2 is 1.00 bits per heavy atom. The first-order chi connectivity index (χ1) is 21.0. The van der Waals surface area contributed by atoms with E-state index < -0.39 is 9.85 Å². The molecule has 0 unspecified atom stereocenters. The fraction of sp³-hybridized carbons (Fsp3) is 0.429. The Morgan fingerprint density at radius 3 is 1.23 bits per heavy atom. The summed E-state index contributed by atoms with van der Waals surface area (Å²) in [5.41, 5.74) is 0.360. The molecule has 47 heavy (non-hydrogen) atoms. The van der Waals surface area contributed by atoms with Crippen molar-refractivity contribution < 1.29 is 57.3 Å². The van der Waals surface area contributed by atoms with Gasteiger partial charge in [-0.1, -0.05) is 48.1 Å². The smallest absolute Gasteiger partial charge is 0.872 e. The summed E-state index contributed by atoms with van der Waals surface area (Å²) in [6.07, 6.45) is 2.86. The van der Waals surface area contributed by atoms with Crippen LogP contribution in [0.5, 0.6) is 11.5 Å². The molecule has 0 aliphatic rings. The zero-order valence-corrected chi connectivity index (χ0v) is 29.2. The van der Waals surface area contributed by atoms with Gasteiger partial charge in [0.2, 0.25) is 0 Å². The van der Waals surface area contributed by atoms with Crippen molar-refractivity contribution in [3.63, 3.8) is 0 Å². The van der Waals surface area contributed by atoms with Gasteiger partial charge >= 0.3 is 16.5 Å². The van der Waals surface area contributed by atoms with Crippen molar-refractivity contribution in [2.24, 2.45) is 9.98 Å². The summed E-state index contributed by atoms with van der Waals surface area (Å²) in [6.45, 7) is 15.6. The van der Waals surface area contributed by atoms with Crippen molar-refractivity contribution >= 4 is 58.6 Å². The Bertz CT molecular complexity index is 1190. The molecule has 2 rings (SSSR count). The number of hydrogen-bond acceptors (Lipinski definition) is 10. The fourth-order valence-electron chi connectivity index (χ4n) is 3.48. The van der Waals surface area contributed by atoms with Crippen molar-refractivity contribution in [3.05, 3.63) is 78.6 Å². The SMILES string of the molecule is CC[NH+](CC)CCN=Cc1cc([N+](=O)[O-])ccc1[O-].CC[NH+](CC)CCN=Cc1cc([N+](=O)[O-])ccc1[O-].O.O.[N-]=C=S.[N-]=C=S.[Ni+2]. The molecule has 0 atom stereocenters. The van der Waals surface area contributed by atoms with Crippen LogP contribution in [0.15, 0.2) is 46.4 Å². The Morgan fingerprint density at radius 1 is 0.723 bits per heavy atom. The predicted octanol–water partition coefficient (Wildman–Crippen LogP) is -0.311. The van der Waals surface area contributed by atoms with Crippen LogP contribution in [-0.2, 0) is 16.5 Å². The van der Waals surface area contributed by atoms with Crippen molar-refractivity contribution in [2.45, 2.75) is 27.7 Å². The summed E-state index contributed by atoms with van der Waals surface area (Å²) in [5.74, 6) is -0.492. The number of benzene rings is 2. The van der Waals surface area contributed by atoms with Crippen molar-refractivity contribution in [3.8, 4) is 11.5 Å². The number of nitro groups is 2. The van der Waals surface area contributed by atoms with Crippen LogP contribution < -0.4 is 20.0 Å². The number of quaternary nitrogens is 2. The molecule has 0 amide bonds. The molecular weight excluding hydrogens is 699 g/mol. The summed E-state index contributed by atoms with van der Waals surface area (Å²) >= 11 is 7.40. The monoisotopic (exact) mass is 740 g/mol. The van der Waals surface area contributed by atoms with Gasteiger partial charge in [-0.05, 0) is 38.8 Å². The molecule has 2 aromatic carbocycles. The van der Waals surface area contributed by atoms with Crippen molar-refractivity contribution in [1.82, 2.24) is 0 Å². The molecule has 0 saturated carbocycles. The molecule has 0 spiro atoms. The van der Waals surface area contributed by atoms with Crippen LogP contribution >= 0.6 is 24.4 Å². The number of rotatable bonds is 14. The van der Waals surface area contributed by atoms with Gasteiger partial charge in [-0.3, -0.25) is 30.2 Å². The molecule has 19 heteroatoms. The van der Waals surface area contributed by atoms with E-state index in [0.29, 0.717) is 13.1 Å². The Kier molecular flexibility index (Phi) is 37.5. The molecule has 0 radical (unpaired) electrons. The molecule has 0 aromatic heterocycles. The Balaban J connectivity index is -0.000000203. The largest absolute Gasteiger partial charge is 2.00 e. The van der Waals surface area contributed by atoms with E-state index >= 15 is 0 Å². The Hall–Kier alpha value is -3.89. The summed E-state index contributed by atoms with van der Waals surface area (Å²) in [5, 5.41) is 61.2. The molecule has 16 nitrogen and oxygen atoms in total. The molecule has 0 aliphatic carbocycles. The number of hydrogen-bond donors (Lipinski definition) is 2. The summed E-state index contributed by atoms with van der Waals surface area (Å²) < 4.78 is 0. The van der Waals surface area contributed by atoms with Crippen molar-refractivity contribution in [2.75, 3.05) is 52.4 Å². The molecular formula is C28H42N8NiO8S2. The van der Waals surface area contributed by atoms with Gasteiger partial charge in [0.15, 0.2) is 0 Å². The zero-order chi connectivity index (χ0) is 33.9. The minimum Gasteiger partial charge on any atom is -0.872 e. The minimum absolute atomic E-state index is 0. The number of isothiocyanates is 2. The standard InChI is InChI=1S/2C13H19N3O3.2CNS.Ni.2H2O/c2*1-3-15(4-2)8-7-14-10-11-9-12(16(18)19)5-6-13(11)17;2*2-1-3;;;/h2*5-6,9-10,17H,3-4,7-8H2,1-2H3;;;;2*1H2/q;;2*-1;+2;;. The van der Waals surface area contributed by atoms with E-state index in [1.165, 1.54) is 68.9 Å². The van der Waals surface area contributed by atoms with Gasteiger partial charge < -0.3 is 41.8 Å². The van der Waals surface area contributed by atoms with Crippen LogP contribution in [0.25, 0.3) is 10.8 Å². The first-order valence-electron chi connectivity index (χ1n) is 13.6. The van der Waals surface area contributed by atoms with E-state index in [1.54, 1.807) is 0 Å². The Labute approximate surface area is 295 Å². The number of non-ortho nitro benzene ring substituents is 2. The molecule has 6 N–H and O–H groups in total. The van der Waals surface area contributed by atoms with Gasteiger partial charge in [-0.2, -0.15) is 10.3 Å². The average Bonchev–Trinajstić information content (AvgIpc) is 3.00. The third-order valence-electron chi connectivity index (χ3n) is 6.06. The van der Waals surface area contributed by atoms with E-state index in [-0.39, 0.29) is 61.4 Å². The fourth-order valence-corrected chi connectivity index (χ4v) is 3.48. The maximum atomic E-state index is 11.5. The molecule has 0 saturated heterocycles. The first kappa shape index (κ1) is 52.6. The van der Waals surface area contributed by atoms with Gasteiger partial charge in [0, 0.05) is 36.7 Å². The number of nitro benzene ring substituents is 2. The third-order valence-corrected chi connectivity index (χ3v) is 6.06. The predicted molar refractivity (Wildman–Crippen MR) is 183 cm³/mol. The maximum Gasteiger partial charge on any atom is 2.00 e. The van der Waals surface area contributed by atoms with Gasteiger partial charge in [0.05, 0.1) is 62.2 Å². The molecule has 2 aromatic rings. The molecule has 0 bridgehead atoms. The molecule has 0 aliphatic heterocycles. The second-order valence-corrected chi connectivity index (χ2v) is 8.99. The number of nitrogens with one attached hydrogen (secondary N) is 2. The van der Waals surface area contributed by atoms with Gasteiger partial charge in [0.25, 0.3) is 11.4 Å². The molecule has 0 heterocycles. The van der Waals surface area contributed by atoms with Gasteiger partial charge in [0.1, 0.15) is 0 Å². The minimum atomic E-state index is -0.517. The summed E-state index contributed by atoms with van der Waals surface area (Å²) in [7, 11) is 0. The van der Waals surface area contributed by atoms with Crippen LogP contribution in [-0.4, -0.2) is 95.9 Å². The van der Waals surface area contributed by atoms with Crippen LogP contribution in [0.4, 0.5) is 11.4 Å². The third kappa shape index (κ3) is 25.0. The van der Waals surface area contributed by atoms with Crippen LogP contribution in [0, 0.1) is 20.2 Å². The summed E-state index contributed by atoms with van der Waals surface area (Å²) in [4.78, 5) is 31.4. The summed E-state index contributed by atoms with van der Waals surface area (Å²) in [6, 6.07) is 7.34. The van der Waals surface area contributed by atoms with E-state index in [9.17, 15) is 30.4 Å². The maximum absolute atomic E-state index is 11.5. The number of nitrogens with zero attached hydrogens (tertiary/aromatic N) is 6. The first-order valence-corrected chi connectivity index (χ1v) is 14.4. The normalized spacial score (nSPS) is 9.49. The van der Waals surface area contributed by atoms with Crippen molar-refractivity contribution in [1.29, 1.82) is 0 Å².